The standard InChI is InChI=1S/C25H23NO2/c1-24(2,19-11-7-4-8-12-19)26-22(27)21-20(17-9-5-3-6-10-17)18-13-15-25(21,16-14-18)23(26)28/h3-16,18,20-21H,1-2H3/t18?,20-,21-,25?/m1/s1/i13D,14D,15D,16D,18D. The summed E-state index contributed by atoms with van der Waals surface area (Å²) in [6.45, 7) is 3.47. The van der Waals surface area contributed by atoms with Crippen molar-refractivity contribution in [2.24, 2.45) is 17.2 Å². The summed E-state index contributed by atoms with van der Waals surface area (Å²) in [6.07, 6.45) is 0. The fraction of sp³-hybridized carbons (Fsp3) is 0.280. The summed E-state index contributed by atoms with van der Waals surface area (Å²) in [4.78, 5) is 29.3. The molecule has 4 aliphatic rings. The number of hydrogen-bond donors (Lipinski definition) is 0. The van der Waals surface area contributed by atoms with Crippen molar-refractivity contribution in [3.8, 4) is 0 Å². The maximum Gasteiger partial charge on any atom is 0.244 e. The molecule has 1 spiro atoms. The molecule has 2 bridgehead atoms. The highest BCUT2D eigenvalue weighted by molar-refractivity contribution is 6.11. The molecule has 1 aliphatic heterocycles. The molecule has 2 atom stereocenters. The highest BCUT2D eigenvalue weighted by atomic mass is 16.2. The number of hydrogen-bond acceptors (Lipinski definition) is 2. The topological polar surface area (TPSA) is 37.4 Å². The van der Waals surface area contributed by atoms with Gasteiger partial charge in [-0.25, -0.2) is 0 Å². The van der Waals surface area contributed by atoms with E-state index in [4.69, 9.17) is 6.85 Å². The van der Waals surface area contributed by atoms with Crippen molar-refractivity contribution in [3.05, 3.63) is 96.0 Å². The highest BCUT2D eigenvalue weighted by Crippen LogP contribution is 2.59. The number of nitrogens with zero attached hydrogens (tertiary/aromatic N) is 1. The van der Waals surface area contributed by atoms with E-state index in [2.05, 4.69) is 0 Å². The van der Waals surface area contributed by atoms with Gasteiger partial charge in [0.15, 0.2) is 0 Å². The van der Waals surface area contributed by atoms with Crippen molar-refractivity contribution >= 4 is 11.8 Å². The Morgan fingerprint density at radius 1 is 0.964 bits per heavy atom. The van der Waals surface area contributed by atoms with E-state index < -0.39 is 64.7 Å². The van der Waals surface area contributed by atoms with E-state index in [0.29, 0.717) is 11.1 Å². The van der Waals surface area contributed by atoms with E-state index in [-0.39, 0.29) is 0 Å². The van der Waals surface area contributed by atoms with Crippen LogP contribution in [-0.2, 0) is 15.1 Å². The van der Waals surface area contributed by atoms with Crippen molar-refractivity contribution in [1.82, 2.24) is 4.90 Å². The number of rotatable bonds is 3. The fourth-order valence-corrected chi connectivity index (χ4v) is 4.63. The molecular weight excluding hydrogens is 346 g/mol. The van der Waals surface area contributed by atoms with Crippen LogP contribution in [0.25, 0.3) is 0 Å². The van der Waals surface area contributed by atoms with Gasteiger partial charge in [0.1, 0.15) is 0 Å². The molecule has 1 heterocycles. The molecule has 6 rings (SSSR count). The Hall–Kier alpha value is -2.94. The molecule has 0 aromatic heterocycles. The van der Waals surface area contributed by atoms with E-state index in [0.717, 1.165) is 4.90 Å². The van der Waals surface area contributed by atoms with Crippen molar-refractivity contribution in [3.63, 3.8) is 0 Å². The molecule has 140 valence electrons. The van der Waals surface area contributed by atoms with Gasteiger partial charge < -0.3 is 0 Å². The van der Waals surface area contributed by atoms with E-state index in [1.807, 2.05) is 6.07 Å². The number of amides is 2. The van der Waals surface area contributed by atoms with Crippen LogP contribution in [0.15, 0.2) is 84.9 Å². The largest absolute Gasteiger partial charge is 0.274 e. The molecule has 0 N–H and O–H groups in total. The average Bonchev–Trinajstić information content (AvgIpc) is 3.05. The molecule has 0 unspecified atom stereocenters. The smallest absolute Gasteiger partial charge is 0.244 e. The van der Waals surface area contributed by atoms with Gasteiger partial charge in [-0.05, 0) is 25.0 Å². The first kappa shape index (κ1) is 12.5. The molecule has 0 saturated carbocycles. The molecule has 3 nitrogen and oxygen atoms in total. The van der Waals surface area contributed by atoms with Crippen molar-refractivity contribution in [2.45, 2.75) is 25.3 Å². The van der Waals surface area contributed by atoms with Gasteiger partial charge in [0, 0.05) is 13.2 Å². The van der Waals surface area contributed by atoms with E-state index in [1.54, 1.807) is 68.4 Å². The summed E-state index contributed by atoms with van der Waals surface area (Å²) in [5.74, 6) is -5.71. The molecule has 2 aromatic carbocycles. The van der Waals surface area contributed by atoms with E-state index in [9.17, 15) is 9.59 Å². The number of likely N-dealkylation sites (tertiary alicyclic amines) is 1. The first-order valence-corrected chi connectivity index (χ1v) is 9.39. The van der Waals surface area contributed by atoms with Crippen molar-refractivity contribution in [1.29, 1.82) is 0 Å². The third kappa shape index (κ3) is 2.10. The minimum absolute atomic E-state index is 0.492. The van der Waals surface area contributed by atoms with Gasteiger partial charge in [-0.1, -0.05) is 84.9 Å². The molecule has 28 heavy (non-hydrogen) atoms. The Morgan fingerprint density at radius 2 is 1.54 bits per heavy atom. The molecule has 0 radical (unpaired) electrons. The molecule has 2 aromatic rings. The average molecular weight is 374 g/mol. The second-order valence-corrected chi connectivity index (χ2v) is 7.99. The molecule has 3 heteroatoms. The normalized spacial score (nSPS) is 37.4. The lowest BCUT2D eigenvalue weighted by atomic mass is 9.57. The second-order valence-electron chi connectivity index (χ2n) is 7.99. The summed E-state index contributed by atoms with van der Waals surface area (Å²) >= 11 is 0. The summed E-state index contributed by atoms with van der Waals surface area (Å²) in [5.41, 5.74) is -1.92. The maximum atomic E-state index is 14.1. The van der Waals surface area contributed by atoms with Gasteiger partial charge >= 0.3 is 0 Å². The number of carbonyl (C=O) groups is 2. The van der Waals surface area contributed by atoms with Gasteiger partial charge in [0.05, 0.1) is 22.4 Å². The Labute approximate surface area is 172 Å². The predicted molar refractivity (Wildman–Crippen MR) is 108 cm³/mol. The fourth-order valence-electron chi connectivity index (χ4n) is 4.63. The maximum absolute atomic E-state index is 14.1. The van der Waals surface area contributed by atoms with Crippen LogP contribution in [0.3, 0.4) is 0 Å². The van der Waals surface area contributed by atoms with Crippen LogP contribution < -0.4 is 0 Å². The molecule has 2 amide bonds. The quantitative estimate of drug-likeness (QED) is 0.589. The Balaban J connectivity index is 1.82. The van der Waals surface area contributed by atoms with Gasteiger partial charge in [-0.15, -0.1) is 0 Å². The van der Waals surface area contributed by atoms with Crippen LogP contribution in [-0.4, -0.2) is 16.7 Å². The van der Waals surface area contributed by atoms with Crippen molar-refractivity contribution < 1.29 is 16.4 Å². The zero-order valence-corrected chi connectivity index (χ0v) is 15.7. The Bertz CT molecular complexity index is 1230. The summed E-state index contributed by atoms with van der Waals surface area (Å²) < 4.78 is 43.9. The highest BCUT2D eigenvalue weighted by Gasteiger charge is 2.65. The van der Waals surface area contributed by atoms with Crippen LogP contribution in [0.4, 0.5) is 0 Å². The SMILES string of the molecule is [2H]C1=C([2H])C23C(=O)N(C(C)(C)c4ccccc4)C(=O)[C@H]2[C@H](c2ccccc2)C1([2H])C([2H])=C3[2H]. The Kier molecular flexibility index (Phi) is 2.58. The predicted octanol–water partition coefficient (Wildman–Crippen LogP) is 4.43. The number of carbonyl (C=O) groups excluding carboxylic acids is 2. The van der Waals surface area contributed by atoms with Crippen LogP contribution >= 0.6 is 0 Å². The summed E-state index contributed by atoms with van der Waals surface area (Å²) in [5, 5.41) is 0. The van der Waals surface area contributed by atoms with Crippen LogP contribution in [0.2, 0.25) is 0 Å². The zero-order valence-electron chi connectivity index (χ0n) is 20.7. The lowest BCUT2D eigenvalue weighted by Crippen LogP contribution is -2.47. The van der Waals surface area contributed by atoms with E-state index in [1.165, 1.54) is 0 Å². The first-order valence-electron chi connectivity index (χ1n) is 11.9. The van der Waals surface area contributed by atoms with E-state index >= 15 is 0 Å². The summed E-state index contributed by atoms with van der Waals surface area (Å²) in [6, 6.07) is 15.7. The second kappa shape index (κ2) is 5.78. The number of benzene rings is 2. The molecular formula is C25H23NO2. The van der Waals surface area contributed by atoms with Crippen molar-refractivity contribution in [2.75, 3.05) is 0 Å². The third-order valence-electron chi connectivity index (χ3n) is 6.12. The molecule has 3 aliphatic carbocycles. The van der Waals surface area contributed by atoms with Crippen LogP contribution in [0.5, 0.6) is 0 Å². The lowest BCUT2D eigenvalue weighted by molar-refractivity contribution is -0.146. The molecule has 1 fully saturated rings. The van der Waals surface area contributed by atoms with Gasteiger partial charge in [0.2, 0.25) is 11.8 Å². The monoisotopic (exact) mass is 374 g/mol. The summed E-state index contributed by atoms with van der Waals surface area (Å²) in [7, 11) is 0. The number of imide groups is 1. The van der Waals surface area contributed by atoms with Gasteiger partial charge in [0.25, 0.3) is 0 Å². The molecule has 1 saturated heterocycles. The van der Waals surface area contributed by atoms with Gasteiger partial charge in [-0.3, -0.25) is 14.5 Å². The van der Waals surface area contributed by atoms with Gasteiger partial charge in [-0.2, -0.15) is 0 Å². The lowest BCUT2D eigenvalue weighted by Gasteiger charge is -2.42. The number of allylic oxidation sites excluding steroid dienone is 2. The minimum atomic E-state index is -2.09. The Morgan fingerprint density at radius 3 is 2.14 bits per heavy atom. The zero-order chi connectivity index (χ0) is 23.9. The third-order valence-corrected chi connectivity index (χ3v) is 6.12. The minimum Gasteiger partial charge on any atom is -0.274 e. The van der Waals surface area contributed by atoms with Crippen LogP contribution in [0.1, 0.15) is 37.7 Å². The first-order chi connectivity index (χ1) is 15.5. The van der Waals surface area contributed by atoms with Crippen LogP contribution in [0, 0.1) is 17.2 Å².